The number of aliphatic hydroxyl groups excluding tert-OH is 1. The molecule has 38 heavy (non-hydrogen) atoms. The maximum Gasteiger partial charge on any atom is 0.435 e. The molecule has 5 rings (SSSR count). The van der Waals surface area contributed by atoms with Gasteiger partial charge in [-0.1, -0.05) is 30.7 Å². The van der Waals surface area contributed by atoms with E-state index < -0.39 is 34.4 Å². The van der Waals surface area contributed by atoms with Crippen molar-refractivity contribution in [3.8, 4) is 11.4 Å². The third-order valence-corrected chi connectivity index (χ3v) is 6.66. The third kappa shape index (κ3) is 5.18. The van der Waals surface area contributed by atoms with Gasteiger partial charge in [-0.3, -0.25) is 0 Å². The average molecular weight is 561 g/mol. The number of hydrogen-bond acceptors (Lipinski definition) is 6. The summed E-state index contributed by atoms with van der Waals surface area (Å²) in [4.78, 5) is 11.3. The van der Waals surface area contributed by atoms with Crippen molar-refractivity contribution in [2.45, 2.75) is 25.5 Å². The van der Waals surface area contributed by atoms with Crippen LogP contribution in [-0.4, -0.2) is 38.5 Å². The Morgan fingerprint density at radius 2 is 1.87 bits per heavy atom. The zero-order valence-corrected chi connectivity index (χ0v) is 20.6. The standard InChI is InChI=1S/C24H22F6N4O3S/c1-16-13-33(15-31-16)21-9-4-17(12-22(21)36-38(26,27,28,29)30)11-18-3-2-10-34-23(18)32-37-24(34,14-35)19-5-7-20(25)8-6-19/h4-9,11-13,15,35H,2-3,10,14H2,1H3/b18-11+. The topological polar surface area (TPSA) is 72.1 Å². The molecule has 0 spiro atoms. The van der Waals surface area contributed by atoms with Gasteiger partial charge in [0, 0.05) is 18.3 Å². The minimum Gasteiger partial charge on any atom is -0.390 e. The molecule has 1 unspecified atom stereocenters. The quantitative estimate of drug-likeness (QED) is 0.345. The second kappa shape index (κ2) is 8.17. The molecular weight excluding hydrogens is 538 g/mol. The first kappa shape index (κ1) is 26.0. The predicted molar refractivity (Wildman–Crippen MR) is 130 cm³/mol. The molecule has 0 amide bonds. The maximum atomic E-state index is 13.5. The highest BCUT2D eigenvalue weighted by Gasteiger charge is 2.67. The van der Waals surface area contributed by atoms with Gasteiger partial charge in [0.25, 0.3) is 5.72 Å². The SMILES string of the molecule is Cc1cn(-c2ccc(/C=C3\CCCN4C3=NOC4(CO)c3ccc(F)cc3)cc2OS(F)(F)(F)(F)F)cn1. The zero-order chi connectivity index (χ0) is 27.4. The molecule has 0 bridgehead atoms. The van der Waals surface area contributed by atoms with Gasteiger partial charge in [0.1, 0.15) is 12.4 Å². The van der Waals surface area contributed by atoms with E-state index in [9.17, 15) is 28.9 Å². The van der Waals surface area contributed by atoms with E-state index in [1.54, 1.807) is 11.8 Å². The molecule has 3 heterocycles. The number of nitrogens with zero attached hydrogens (tertiary/aromatic N) is 4. The lowest BCUT2D eigenvalue weighted by Crippen LogP contribution is -2.51. The molecule has 0 radical (unpaired) electrons. The molecule has 3 aromatic rings. The molecule has 1 N–H and O–H groups in total. The van der Waals surface area contributed by atoms with E-state index in [1.165, 1.54) is 55.0 Å². The fraction of sp³-hybridized carbons (Fsp3) is 0.250. The van der Waals surface area contributed by atoms with Crippen LogP contribution in [0.2, 0.25) is 0 Å². The Labute approximate surface area is 213 Å². The molecule has 2 aliphatic rings. The van der Waals surface area contributed by atoms with Gasteiger partial charge in [0.2, 0.25) is 0 Å². The number of oxime groups is 1. The highest BCUT2D eigenvalue weighted by atomic mass is 32.5. The average Bonchev–Trinajstić information content (AvgIpc) is 3.43. The molecule has 1 fully saturated rings. The van der Waals surface area contributed by atoms with Gasteiger partial charge in [0.05, 0.1) is 17.7 Å². The fourth-order valence-electron chi connectivity index (χ4n) is 4.53. The molecule has 14 heteroatoms. The first-order chi connectivity index (χ1) is 17.7. The van der Waals surface area contributed by atoms with Crippen LogP contribution in [0, 0.1) is 12.7 Å². The van der Waals surface area contributed by atoms with Gasteiger partial charge < -0.3 is 23.6 Å². The predicted octanol–water partition coefficient (Wildman–Crippen LogP) is 6.58. The molecule has 204 valence electrons. The minimum absolute atomic E-state index is 0.144. The number of fused-ring (bicyclic) bond motifs is 1. The van der Waals surface area contributed by atoms with Crippen LogP contribution in [0.1, 0.15) is 29.7 Å². The number of amidine groups is 1. The van der Waals surface area contributed by atoms with Crippen molar-refractivity contribution < 1.29 is 37.9 Å². The van der Waals surface area contributed by atoms with E-state index in [-0.39, 0.29) is 11.3 Å². The lowest BCUT2D eigenvalue weighted by molar-refractivity contribution is -0.137. The molecule has 2 aromatic carbocycles. The van der Waals surface area contributed by atoms with Gasteiger partial charge in [-0.2, -0.15) is 0 Å². The summed E-state index contributed by atoms with van der Waals surface area (Å²) in [6.45, 7) is 1.50. The van der Waals surface area contributed by atoms with Crippen molar-refractivity contribution in [2.75, 3.05) is 13.2 Å². The number of benzene rings is 2. The highest BCUT2D eigenvalue weighted by molar-refractivity contribution is 8.42. The molecule has 0 aliphatic carbocycles. The number of halogens is 6. The van der Waals surface area contributed by atoms with E-state index >= 15 is 0 Å². The maximum absolute atomic E-state index is 13.5. The second-order valence-electron chi connectivity index (χ2n) is 9.01. The highest BCUT2D eigenvalue weighted by Crippen LogP contribution is 2.97. The normalized spacial score (nSPS) is 22.4. The van der Waals surface area contributed by atoms with Crippen molar-refractivity contribution in [1.82, 2.24) is 14.5 Å². The molecule has 7 nitrogen and oxygen atoms in total. The Morgan fingerprint density at radius 3 is 2.50 bits per heavy atom. The summed E-state index contributed by atoms with van der Waals surface area (Å²) in [5, 5.41) is 14.3. The minimum atomic E-state index is -10.3. The first-order valence-electron chi connectivity index (χ1n) is 11.4. The number of aromatic nitrogens is 2. The van der Waals surface area contributed by atoms with E-state index in [0.29, 0.717) is 42.1 Å². The van der Waals surface area contributed by atoms with Crippen molar-refractivity contribution in [2.24, 2.45) is 5.16 Å². The monoisotopic (exact) mass is 560 g/mol. The molecular formula is C24H22F6N4O3S. The molecule has 2 aliphatic heterocycles. The van der Waals surface area contributed by atoms with Crippen LogP contribution in [0.3, 0.4) is 0 Å². The Hall–Kier alpha value is -3.65. The van der Waals surface area contributed by atoms with Crippen LogP contribution in [0.15, 0.2) is 65.7 Å². The van der Waals surface area contributed by atoms with Gasteiger partial charge in [-0.05, 0) is 73.4 Å². The van der Waals surface area contributed by atoms with Crippen LogP contribution < -0.4 is 4.18 Å². The molecule has 0 saturated carbocycles. The van der Waals surface area contributed by atoms with E-state index in [2.05, 4.69) is 14.3 Å². The van der Waals surface area contributed by atoms with Crippen molar-refractivity contribution >= 4 is 22.4 Å². The third-order valence-electron chi connectivity index (χ3n) is 6.16. The lowest BCUT2D eigenvalue weighted by Gasteiger charge is -2.39. The van der Waals surface area contributed by atoms with Crippen molar-refractivity contribution in [1.29, 1.82) is 0 Å². The van der Waals surface area contributed by atoms with Crippen molar-refractivity contribution in [3.63, 3.8) is 0 Å². The van der Waals surface area contributed by atoms with E-state index in [4.69, 9.17) is 4.84 Å². The number of rotatable bonds is 6. The van der Waals surface area contributed by atoms with Crippen LogP contribution in [0.5, 0.6) is 5.75 Å². The van der Waals surface area contributed by atoms with Crippen molar-refractivity contribution in [3.05, 3.63) is 83.2 Å². The van der Waals surface area contributed by atoms with Gasteiger partial charge in [0.15, 0.2) is 11.6 Å². The smallest absolute Gasteiger partial charge is 0.390 e. The van der Waals surface area contributed by atoms with Crippen LogP contribution in [-0.2, 0) is 10.6 Å². The number of piperidine rings is 1. The Balaban J connectivity index is 1.53. The largest absolute Gasteiger partial charge is 0.435 e. The summed E-state index contributed by atoms with van der Waals surface area (Å²) in [5.74, 6) is -1.25. The first-order valence-corrected chi connectivity index (χ1v) is 13.3. The molecule has 1 saturated heterocycles. The Morgan fingerprint density at radius 1 is 1.13 bits per heavy atom. The van der Waals surface area contributed by atoms with Crippen LogP contribution in [0.25, 0.3) is 11.8 Å². The fourth-order valence-corrected chi connectivity index (χ4v) is 5.00. The Kier molecular flexibility index (Phi) is 5.59. The Bertz CT molecular complexity index is 1460. The van der Waals surface area contributed by atoms with Gasteiger partial charge >= 0.3 is 10.5 Å². The number of aliphatic hydroxyl groups is 1. The zero-order valence-electron chi connectivity index (χ0n) is 19.8. The van der Waals surface area contributed by atoms with Gasteiger partial charge in [-0.15, -0.1) is 0 Å². The number of aryl methyl sites for hydroxylation is 1. The van der Waals surface area contributed by atoms with Crippen LogP contribution in [0.4, 0.5) is 23.8 Å². The van der Waals surface area contributed by atoms with E-state index in [1.807, 2.05) is 0 Å². The number of imidazole rings is 1. The summed E-state index contributed by atoms with van der Waals surface area (Å²) < 4.78 is 84.7. The lowest BCUT2D eigenvalue weighted by atomic mass is 9.95. The van der Waals surface area contributed by atoms with Crippen LogP contribution >= 0.6 is 10.5 Å². The molecule has 1 atom stereocenters. The van der Waals surface area contributed by atoms with E-state index in [0.717, 1.165) is 10.6 Å². The summed E-state index contributed by atoms with van der Waals surface area (Å²) in [7, 11) is -10.3. The summed E-state index contributed by atoms with van der Waals surface area (Å²) in [6.07, 6.45) is 5.07. The van der Waals surface area contributed by atoms with Gasteiger partial charge in [-0.25, -0.2) is 9.37 Å². The summed E-state index contributed by atoms with van der Waals surface area (Å²) in [5.41, 5.74) is -0.0910. The second-order valence-corrected chi connectivity index (χ2v) is 11.0. The molecule has 1 aromatic heterocycles. The summed E-state index contributed by atoms with van der Waals surface area (Å²) >= 11 is 0. The summed E-state index contributed by atoms with van der Waals surface area (Å²) in [6, 6.07) is 8.90. The number of hydrogen-bond donors (Lipinski definition) is 1.